The van der Waals surface area contributed by atoms with Crippen molar-refractivity contribution in [3.63, 3.8) is 0 Å². The van der Waals surface area contributed by atoms with Crippen LogP contribution in [-0.4, -0.2) is 33.5 Å². The van der Waals surface area contributed by atoms with Crippen LogP contribution in [-0.2, 0) is 23.0 Å². The van der Waals surface area contributed by atoms with Crippen molar-refractivity contribution < 1.29 is 14.3 Å². The number of aryl methyl sites for hydroxylation is 1. The first kappa shape index (κ1) is 13.2. The Morgan fingerprint density at radius 1 is 1.53 bits per heavy atom. The van der Waals surface area contributed by atoms with Crippen molar-refractivity contribution in [2.24, 2.45) is 7.05 Å². The van der Waals surface area contributed by atoms with E-state index >= 15 is 0 Å². The Balaban J connectivity index is 2.02. The fourth-order valence-electron chi connectivity index (χ4n) is 1.40. The number of nitrogens with zero attached hydrogens (tertiary/aromatic N) is 3. The molecule has 0 bridgehead atoms. The molecule has 8 heteroatoms. The predicted molar refractivity (Wildman–Crippen MR) is 69.0 cm³/mol. The summed E-state index contributed by atoms with van der Waals surface area (Å²) >= 11 is 1.25. The number of rotatable bonds is 4. The number of carbonyl (C=O) groups is 2. The zero-order valence-corrected chi connectivity index (χ0v) is 11.2. The summed E-state index contributed by atoms with van der Waals surface area (Å²) in [7, 11) is 3.05. The topological polar surface area (TPSA) is 86.1 Å². The van der Waals surface area contributed by atoms with Gasteiger partial charge in [0.2, 0.25) is 0 Å². The van der Waals surface area contributed by atoms with Crippen LogP contribution < -0.4 is 5.32 Å². The largest absolute Gasteiger partial charge is 0.469 e. The van der Waals surface area contributed by atoms with Gasteiger partial charge in [-0.25, -0.2) is 9.97 Å². The van der Waals surface area contributed by atoms with E-state index < -0.39 is 0 Å². The molecule has 0 spiro atoms. The van der Waals surface area contributed by atoms with Gasteiger partial charge in [-0.1, -0.05) is 0 Å². The van der Waals surface area contributed by atoms with Gasteiger partial charge < -0.3 is 9.30 Å². The second-order valence-corrected chi connectivity index (χ2v) is 4.60. The number of nitrogens with one attached hydrogen (secondary N) is 1. The molecule has 0 atom stereocenters. The lowest BCUT2D eigenvalue weighted by Crippen LogP contribution is -2.15. The van der Waals surface area contributed by atoms with Gasteiger partial charge in [-0.15, -0.1) is 11.3 Å². The molecule has 0 aliphatic heterocycles. The van der Waals surface area contributed by atoms with Crippen molar-refractivity contribution in [1.82, 2.24) is 14.5 Å². The minimum absolute atomic E-state index is 0.0918. The number of amides is 1. The van der Waals surface area contributed by atoms with Gasteiger partial charge >= 0.3 is 5.97 Å². The van der Waals surface area contributed by atoms with Crippen LogP contribution in [0.5, 0.6) is 0 Å². The maximum absolute atomic E-state index is 11.9. The van der Waals surface area contributed by atoms with Crippen molar-refractivity contribution in [2.75, 3.05) is 12.4 Å². The number of hydrogen-bond donors (Lipinski definition) is 1. The molecule has 1 N–H and O–H groups in total. The number of aromatic nitrogens is 3. The van der Waals surface area contributed by atoms with Crippen molar-refractivity contribution in [3.05, 3.63) is 29.3 Å². The van der Waals surface area contributed by atoms with E-state index in [9.17, 15) is 9.59 Å². The van der Waals surface area contributed by atoms with Gasteiger partial charge in [0, 0.05) is 12.4 Å². The molecule has 2 aromatic heterocycles. The molecule has 0 unspecified atom stereocenters. The van der Waals surface area contributed by atoms with E-state index in [1.165, 1.54) is 24.6 Å². The lowest BCUT2D eigenvalue weighted by Gasteiger charge is -2.01. The first-order chi connectivity index (χ1) is 9.10. The van der Waals surface area contributed by atoms with Gasteiger partial charge in [0.1, 0.15) is 5.69 Å². The van der Waals surface area contributed by atoms with Crippen molar-refractivity contribution >= 4 is 28.3 Å². The number of thiazole rings is 1. The summed E-state index contributed by atoms with van der Waals surface area (Å²) in [4.78, 5) is 31.0. The number of imidazole rings is 1. The van der Waals surface area contributed by atoms with Gasteiger partial charge in [0.25, 0.3) is 5.91 Å². The lowest BCUT2D eigenvalue weighted by molar-refractivity contribution is -0.139. The van der Waals surface area contributed by atoms with Crippen LogP contribution in [0.4, 0.5) is 5.13 Å². The zero-order chi connectivity index (χ0) is 13.8. The lowest BCUT2D eigenvalue weighted by atomic mass is 10.3. The molecule has 0 fully saturated rings. The van der Waals surface area contributed by atoms with Crippen LogP contribution >= 0.6 is 11.3 Å². The Morgan fingerprint density at radius 2 is 2.32 bits per heavy atom. The molecule has 0 aromatic carbocycles. The third-order valence-corrected chi connectivity index (χ3v) is 3.18. The summed E-state index contributed by atoms with van der Waals surface area (Å²) in [6.07, 6.45) is 3.10. The molecule has 1 amide bonds. The maximum Gasteiger partial charge on any atom is 0.311 e. The summed E-state index contributed by atoms with van der Waals surface area (Å²) in [6.45, 7) is 0. The van der Waals surface area contributed by atoms with Crippen molar-refractivity contribution in [2.45, 2.75) is 6.42 Å². The number of carbonyl (C=O) groups excluding carboxylic acids is 2. The smallest absolute Gasteiger partial charge is 0.311 e. The summed E-state index contributed by atoms with van der Waals surface area (Å²) in [6, 6.07) is 0. The molecule has 0 aliphatic carbocycles. The Bertz CT molecular complexity index is 605. The Kier molecular flexibility index (Phi) is 3.91. The molecule has 0 aliphatic rings. The molecule has 0 saturated carbocycles. The van der Waals surface area contributed by atoms with Gasteiger partial charge in [-0.05, 0) is 0 Å². The van der Waals surface area contributed by atoms with E-state index in [1.54, 1.807) is 23.3 Å². The highest BCUT2D eigenvalue weighted by molar-refractivity contribution is 7.14. The normalized spacial score (nSPS) is 10.2. The van der Waals surface area contributed by atoms with E-state index in [1.807, 2.05) is 0 Å². The van der Waals surface area contributed by atoms with E-state index in [0.29, 0.717) is 16.5 Å². The summed E-state index contributed by atoms with van der Waals surface area (Å²) in [5.74, 6) is -0.659. The maximum atomic E-state index is 11.9. The summed E-state index contributed by atoms with van der Waals surface area (Å²) in [5, 5.41) is 4.79. The number of hydrogen-bond acceptors (Lipinski definition) is 6. The third kappa shape index (κ3) is 3.16. The van der Waals surface area contributed by atoms with Crippen LogP contribution in [0.25, 0.3) is 0 Å². The molecular formula is C11H12N4O3S. The fourth-order valence-corrected chi connectivity index (χ4v) is 2.11. The SMILES string of the molecule is COC(=O)Cc1csc(NC(=O)c2cncn2C)n1. The van der Waals surface area contributed by atoms with Gasteiger partial charge in [0.15, 0.2) is 5.13 Å². The molecule has 2 rings (SSSR count). The molecule has 0 saturated heterocycles. The quantitative estimate of drug-likeness (QED) is 0.839. The standard InChI is InChI=1S/C11H12N4O3S/c1-15-6-12-4-8(15)10(17)14-11-13-7(5-19-11)3-9(16)18-2/h4-6H,3H2,1-2H3,(H,13,14,17). The number of anilines is 1. The second-order valence-electron chi connectivity index (χ2n) is 3.74. The van der Waals surface area contributed by atoms with Crippen molar-refractivity contribution in [3.8, 4) is 0 Å². The highest BCUT2D eigenvalue weighted by atomic mass is 32.1. The first-order valence-electron chi connectivity index (χ1n) is 5.39. The van der Waals surface area contributed by atoms with E-state index in [-0.39, 0.29) is 18.3 Å². The molecule has 19 heavy (non-hydrogen) atoms. The molecule has 100 valence electrons. The molecular weight excluding hydrogens is 268 g/mol. The van der Waals surface area contributed by atoms with E-state index in [0.717, 1.165) is 0 Å². The first-order valence-corrected chi connectivity index (χ1v) is 6.27. The third-order valence-electron chi connectivity index (χ3n) is 2.37. The monoisotopic (exact) mass is 280 g/mol. The minimum atomic E-state index is -0.366. The number of esters is 1. The Hall–Kier alpha value is -2.22. The summed E-state index contributed by atoms with van der Waals surface area (Å²) < 4.78 is 6.16. The Morgan fingerprint density at radius 3 is 2.95 bits per heavy atom. The van der Waals surface area contributed by atoms with Gasteiger partial charge in [0.05, 0.1) is 31.7 Å². The van der Waals surface area contributed by atoms with Crippen molar-refractivity contribution in [1.29, 1.82) is 0 Å². The average Bonchev–Trinajstić information content (AvgIpc) is 2.98. The zero-order valence-electron chi connectivity index (χ0n) is 10.4. The fraction of sp³-hybridized carbons (Fsp3) is 0.273. The number of methoxy groups -OCH3 is 1. The van der Waals surface area contributed by atoms with Crippen LogP contribution in [0, 0.1) is 0 Å². The number of ether oxygens (including phenoxy) is 1. The molecule has 0 radical (unpaired) electrons. The van der Waals surface area contributed by atoms with Crippen LogP contribution in [0.15, 0.2) is 17.9 Å². The molecule has 2 aromatic rings. The highest BCUT2D eigenvalue weighted by Gasteiger charge is 2.13. The Labute approximate surface area is 113 Å². The van der Waals surface area contributed by atoms with Crippen LogP contribution in [0.1, 0.15) is 16.2 Å². The molecule has 2 heterocycles. The minimum Gasteiger partial charge on any atom is -0.469 e. The second kappa shape index (κ2) is 5.61. The van der Waals surface area contributed by atoms with Gasteiger partial charge in [-0.3, -0.25) is 14.9 Å². The predicted octanol–water partition coefficient (Wildman–Crippen LogP) is 0.844. The van der Waals surface area contributed by atoms with Crippen LogP contribution in [0.3, 0.4) is 0 Å². The summed E-state index contributed by atoms with van der Waals surface area (Å²) in [5.41, 5.74) is 1.00. The average molecular weight is 280 g/mol. The highest BCUT2D eigenvalue weighted by Crippen LogP contribution is 2.17. The van der Waals surface area contributed by atoms with Crippen LogP contribution in [0.2, 0.25) is 0 Å². The van der Waals surface area contributed by atoms with E-state index in [2.05, 4.69) is 20.0 Å². The molecule has 7 nitrogen and oxygen atoms in total. The van der Waals surface area contributed by atoms with E-state index in [4.69, 9.17) is 0 Å². The van der Waals surface area contributed by atoms with Gasteiger partial charge in [-0.2, -0.15) is 0 Å².